The van der Waals surface area contributed by atoms with Crippen molar-refractivity contribution in [2.24, 2.45) is 0 Å². The lowest BCUT2D eigenvalue weighted by molar-refractivity contribution is -0.116. The Hall–Kier alpha value is -2.74. The average molecular weight is 484 g/mol. The number of imide groups is 1. The lowest BCUT2D eigenvalue weighted by Crippen LogP contribution is -2.41. The molecule has 3 aromatic rings. The molecule has 0 radical (unpaired) electrons. The van der Waals surface area contributed by atoms with E-state index in [1.54, 1.807) is 12.1 Å². The van der Waals surface area contributed by atoms with Crippen LogP contribution in [0.2, 0.25) is 0 Å². The first-order valence-electron chi connectivity index (χ1n) is 8.98. The van der Waals surface area contributed by atoms with Crippen molar-refractivity contribution in [3.05, 3.63) is 75.4 Å². The second-order valence-electron chi connectivity index (χ2n) is 6.63. The highest BCUT2D eigenvalue weighted by Gasteiger charge is 2.32. The maximum absolute atomic E-state index is 12.8. The molecule has 1 aliphatic heterocycles. The number of carbonyl (C=O) groups is 3. The summed E-state index contributed by atoms with van der Waals surface area (Å²) in [5.74, 6) is -0.736. The van der Waals surface area contributed by atoms with Gasteiger partial charge in [-0.2, -0.15) is 0 Å². The van der Waals surface area contributed by atoms with E-state index in [9.17, 15) is 14.4 Å². The zero-order valence-corrected chi connectivity index (χ0v) is 17.1. The zero-order valence-electron chi connectivity index (χ0n) is 14.9. The van der Waals surface area contributed by atoms with Crippen LogP contribution in [0.15, 0.2) is 60.7 Å². The highest BCUT2D eigenvalue weighted by molar-refractivity contribution is 14.1. The Morgan fingerprint density at radius 3 is 2.11 bits per heavy atom. The Kier molecular flexibility index (Phi) is 5.13. The molecule has 140 valence electrons. The number of nitrogens with zero attached hydrogens (tertiary/aromatic N) is 1. The minimum atomic E-state index is -0.299. The first-order valence-corrected chi connectivity index (χ1v) is 10.1. The van der Waals surface area contributed by atoms with Crippen molar-refractivity contribution in [2.45, 2.75) is 12.8 Å². The number of hydrogen-bond acceptors (Lipinski definition) is 3. The molecular weight excluding hydrogens is 467 g/mol. The van der Waals surface area contributed by atoms with Gasteiger partial charge in [0.2, 0.25) is 5.91 Å². The van der Waals surface area contributed by atoms with Crippen molar-refractivity contribution in [1.82, 2.24) is 4.90 Å². The third kappa shape index (κ3) is 3.52. The van der Waals surface area contributed by atoms with E-state index >= 15 is 0 Å². The predicted molar refractivity (Wildman–Crippen MR) is 116 cm³/mol. The third-order valence-electron chi connectivity index (χ3n) is 4.77. The predicted octanol–water partition coefficient (Wildman–Crippen LogP) is 4.46. The van der Waals surface area contributed by atoms with Gasteiger partial charge in [0.05, 0.1) is 0 Å². The minimum absolute atomic E-state index is 0.138. The van der Waals surface area contributed by atoms with Crippen LogP contribution in [0.3, 0.4) is 0 Å². The van der Waals surface area contributed by atoms with Gasteiger partial charge in [-0.1, -0.05) is 24.3 Å². The Labute approximate surface area is 175 Å². The molecule has 0 unspecified atom stereocenters. The third-order valence-corrected chi connectivity index (χ3v) is 5.49. The molecule has 0 saturated carbocycles. The number of carbonyl (C=O) groups excluding carboxylic acids is 3. The minimum Gasteiger partial charge on any atom is -0.326 e. The normalized spacial score (nSPS) is 13.1. The van der Waals surface area contributed by atoms with Gasteiger partial charge in [0.15, 0.2) is 0 Å². The van der Waals surface area contributed by atoms with E-state index in [0.717, 1.165) is 14.6 Å². The summed E-state index contributed by atoms with van der Waals surface area (Å²) in [4.78, 5) is 39.0. The molecule has 0 spiro atoms. The SMILES string of the molecule is O=C(CCCN1C(=O)c2cccc3cccc(c23)C1=O)Nc1ccc(I)cc1. The molecule has 1 aliphatic rings. The van der Waals surface area contributed by atoms with E-state index in [0.29, 0.717) is 22.9 Å². The van der Waals surface area contributed by atoms with Crippen molar-refractivity contribution in [3.8, 4) is 0 Å². The summed E-state index contributed by atoms with van der Waals surface area (Å²) in [5.41, 5.74) is 1.81. The van der Waals surface area contributed by atoms with E-state index in [-0.39, 0.29) is 30.7 Å². The van der Waals surface area contributed by atoms with Gasteiger partial charge in [-0.15, -0.1) is 0 Å². The summed E-state index contributed by atoms with van der Waals surface area (Å²) in [6.07, 6.45) is 0.640. The standard InChI is InChI=1S/C22H17IN2O3/c23-15-9-11-16(12-10-15)24-19(26)8-3-13-25-21(27)17-6-1-4-14-5-2-7-18(20(14)17)22(25)28/h1-2,4-7,9-12H,3,8,13H2,(H,24,26). The molecule has 0 aliphatic carbocycles. The molecule has 0 atom stereocenters. The Bertz CT molecular complexity index is 1040. The summed E-state index contributed by atoms with van der Waals surface area (Å²) >= 11 is 2.20. The summed E-state index contributed by atoms with van der Waals surface area (Å²) in [5, 5.41) is 4.43. The smallest absolute Gasteiger partial charge is 0.261 e. The number of hydrogen-bond donors (Lipinski definition) is 1. The van der Waals surface area contributed by atoms with Gasteiger partial charge >= 0.3 is 0 Å². The average Bonchev–Trinajstić information content (AvgIpc) is 2.70. The molecule has 28 heavy (non-hydrogen) atoms. The van der Waals surface area contributed by atoms with Gasteiger partial charge < -0.3 is 5.32 Å². The summed E-state index contributed by atoms with van der Waals surface area (Å²) < 4.78 is 1.09. The van der Waals surface area contributed by atoms with Crippen LogP contribution in [0, 0.1) is 3.57 Å². The number of amides is 3. The molecule has 3 amide bonds. The maximum Gasteiger partial charge on any atom is 0.261 e. The molecule has 5 nitrogen and oxygen atoms in total. The maximum atomic E-state index is 12.8. The second-order valence-corrected chi connectivity index (χ2v) is 7.88. The molecule has 0 aromatic heterocycles. The molecule has 3 aromatic carbocycles. The lowest BCUT2D eigenvalue weighted by atomic mass is 9.94. The highest BCUT2D eigenvalue weighted by Crippen LogP contribution is 2.30. The largest absolute Gasteiger partial charge is 0.326 e. The van der Waals surface area contributed by atoms with Crippen molar-refractivity contribution in [1.29, 1.82) is 0 Å². The summed E-state index contributed by atoms with van der Waals surface area (Å²) in [7, 11) is 0. The van der Waals surface area contributed by atoms with Gasteiger partial charge in [-0.3, -0.25) is 19.3 Å². The fourth-order valence-electron chi connectivity index (χ4n) is 3.44. The van der Waals surface area contributed by atoms with Crippen LogP contribution in [0.1, 0.15) is 33.6 Å². The molecule has 0 saturated heterocycles. The van der Waals surface area contributed by atoms with Crippen molar-refractivity contribution in [3.63, 3.8) is 0 Å². The second kappa shape index (κ2) is 7.71. The van der Waals surface area contributed by atoms with Crippen molar-refractivity contribution >= 4 is 56.8 Å². The molecule has 6 heteroatoms. The summed E-state index contributed by atoms with van der Waals surface area (Å²) in [6, 6.07) is 18.4. The highest BCUT2D eigenvalue weighted by atomic mass is 127. The van der Waals surface area contributed by atoms with Crippen molar-refractivity contribution in [2.75, 3.05) is 11.9 Å². The first-order chi connectivity index (χ1) is 13.5. The molecular formula is C22H17IN2O3. The number of benzene rings is 3. The van der Waals surface area contributed by atoms with Crippen LogP contribution in [0.4, 0.5) is 5.69 Å². The Morgan fingerprint density at radius 2 is 1.50 bits per heavy atom. The number of rotatable bonds is 5. The molecule has 1 N–H and O–H groups in total. The molecule has 4 rings (SSSR count). The monoisotopic (exact) mass is 484 g/mol. The lowest BCUT2D eigenvalue weighted by Gasteiger charge is -2.27. The van der Waals surface area contributed by atoms with Crippen LogP contribution in [0.25, 0.3) is 10.8 Å². The molecule has 1 heterocycles. The van der Waals surface area contributed by atoms with E-state index < -0.39 is 0 Å². The quantitative estimate of drug-likeness (QED) is 0.430. The number of halogens is 1. The first kappa shape index (κ1) is 18.6. The van der Waals surface area contributed by atoms with Crippen LogP contribution in [-0.4, -0.2) is 29.2 Å². The fraction of sp³-hybridized carbons (Fsp3) is 0.136. The van der Waals surface area contributed by atoms with Crippen molar-refractivity contribution < 1.29 is 14.4 Å². The topological polar surface area (TPSA) is 66.5 Å². The van der Waals surface area contributed by atoms with Crippen LogP contribution in [-0.2, 0) is 4.79 Å². The fourth-order valence-corrected chi connectivity index (χ4v) is 3.80. The molecule has 0 bridgehead atoms. The van der Waals surface area contributed by atoms with Gasteiger partial charge in [0.25, 0.3) is 11.8 Å². The van der Waals surface area contributed by atoms with Crippen LogP contribution in [0.5, 0.6) is 0 Å². The zero-order chi connectivity index (χ0) is 19.7. The van der Waals surface area contributed by atoms with Crippen LogP contribution >= 0.6 is 22.6 Å². The molecule has 0 fully saturated rings. The van der Waals surface area contributed by atoms with E-state index in [1.165, 1.54) is 4.90 Å². The van der Waals surface area contributed by atoms with Gasteiger partial charge in [-0.05, 0) is 70.8 Å². The van der Waals surface area contributed by atoms with Crippen LogP contribution < -0.4 is 5.32 Å². The Balaban J connectivity index is 1.43. The number of nitrogens with one attached hydrogen (secondary N) is 1. The van der Waals surface area contributed by atoms with Gasteiger partial charge in [0, 0.05) is 38.7 Å². The van der Waals surface area contributed by atoms with Gasteiger partial charge in [-0.25, -0.2) is 0 Å². The van der Waals surface area contributed by atoms with E-state index in [1.807, 2.05) is 48.5 Å². The number of anilines is 1. The van der Waals surface area contributed by atoms with E-state index in [2.05, 4.69) is 27.9 Å². The summed E-state index contributed by atoms with van der Waals surface area (Å²) in [6.45, 7) is 0.211. The van der Waals surface area contributed by atoms with E-state index in [4.69, 9.17) is 0 Å². The Morgan fingerprint density at radius 1 is 0.893 bits per heavy atom. The van der Waals surface area contributed by atoms with Gasteiger partial charge in [0.1, 0.15) is 0 Å².